The molecule has 0 atom stereocenters. The zero-order chi connectivity index (χ0) is 13.8. The van der Waals surface area contributed by atoms with Gasteiger partial charge in [-0.1, -0.05) is 6.07 Å². The standard InChI is InChI=1S/C12H10FN3O3/c13-10-6-9(3-4-11(10)16(17)18)19-12-8(7-14)2-1-5-15-12/h1-6H,7,14H2. The van der Waals surface area contributed by atoms with Crippen LogP contribution < -0.4 is 10.5 Å². The van der Waals surface area contributed by atoms with Crippen molar-refractivity contribution in [3.63, 3.8) is 0 Å². The van der Waals surface area contributed by atoms with Gasteiger partial charge in [0.15, 0.2) is 0 Å². The van der Waals surface area contributed by atoms with E-state index in [0.29, 0.717) is 5.56 Å². The molecular weight excluding hydrogens is 253 g/mol. The topological polar surface area (TPSA) is 91.3 Å². The molecular formula is C12H10FN3O3. The van der Waals surface area contributed by atoms with Crippen LogP contribution in [0.15, 0.2) is 36.5 Å². The summed E-state index contributed by atoms with van der Waals surface area (Å²) in [5.41, 5.74) is 5.56. The molecule has 19 heavy (non-hydrogen) atoms. The maximum Gasteiger partial charge on any atom is 0.305 e. The van der Waals surface area contributed by atoms with Gasteiger partial charge in [0.05, 0.1) is 4.92 Å². The number of halogens is 1. The van der Waals surface area contributed by atoms with Crippen LogP contribution in [-0.2, 0) is 6.54 Å². The highest BCUT2D eigenvalue weighted by molar-refractivity contribution is 5.40. The normalized spacial score (nSPS) is 10.2. The van der Waals surface area contributed by atoms with E-state index in [4.69, 9.17) is 10.5 Å². The van der Waals surface area contributed by atoms with Gasteiger partial charge in [0.1, 0.15) is 5.75 Å². The van der Waals surface area contributed by atoms with E-state index >= 15 is 0 Å². The van der Waals surface area contributed by atoms with Crippen LogP contribution in [-0.4, -0.2) is 9.91 Å². The average molecular weight is 263 g/mol. The van der Waals surface area contributed by atoms with Gasteiger partial charge in [-0.15, -0.1) is 0 Å². The lowest BCUT2D eigenvalue weighted by Gasteiger charge is -2.08. The molecule has 98 valence electrons. The molecule has 0 fully saturated rings. The second-order valence-corrected chi connectivity index (χ2v) is 3.64. The van der Waals surface area contributed by atoms with E-state index in [1.165, 1.54) is 12.3 Å². The first kappa shape index (κ1) is 12.9. The quantitative estimate of drug-likeness (QED) is 0.675. The van der Waals surface area contributed by atoms with Crippen LogP contribution in [0.3, 0.4) is 0 Å². The molecule has 2 aromatic rings. The number of ether oxygens (including phenoxy) is 1. The average Bonchev–Trinajstić information content (AvgIpc) is 2.39. The van der Waals surface area contributed by atoms with E-state index in [2.05, 4.69) is 4.98 Å². The van der Waals surface area contributed by atoms with E-state index in [9.17, 15) is 14.5 Å². The highest BCUT2D eigenvalue weighted by atomic mass is 19.1. The minimum Gasteiger partial charge on any atom is -0.439 e. The molecule has 2 N–H and O–H groups in total. The van der Waals surface area contributed by atoms with Crippen LogP contribution in [0, 0.1) is 15.9 Å². The van der Waals surface area contributed by atoms with Crippen molar-refractivity contribution in [2.75, 3.05) is 0 Å². The lowest BCUT2D eigenvalue weighted by atomic mass is 10.2. The van der Waals surface area contributed by atoms with Crippen LogP contribution in [0.5, 0.6) is 11.6 Å². The Kier molecular flexibility index (Phi) is 3.67. The van der Waals surface area contributed by atoms with Crippen LogP contribution >= 0.6 is 0 Å². The van der Waals surface area contributed by atoms with Crippen molar-refractivity contribution in [2.24, 2.45) is 5.73 Å². The summed E-state index contributed by atoms with van der Waals surface area (Å²) >= 11 is 0. The molecule has 0 saturated carbocycles. The van der Waals surface area contributed by atoms with Gasteiger partial charge in [0, 0.05) is 30.4 Å². The van der Waals surface area contributed by atoms with Crippen molar-refractivity contribution < 1.29 is 14.1 Å². The van der Waals surface area contributed by atoms with Gasteiger partial charge >= 0.3 is 5.69 Å². The van der Waals surface area contributed by atoms with Crippen molar-refractivity contribution in [1.82, 2.24) is 4.98 Å². The molecule has 0 saturated heterocycles. The third-order valence-electron chi connectivity index (χ3n) is 2.40. The number of hydrogen-bond acceptors (Lipinski definition) is 5. The molecule has 2 rings (SSSR count). The SMILES string of the molecule is NCc1cccnc1Oc1ccc([N+](=O)[O-])c(F)c1. The predicted octanol–water partition coefficient (Wildman–Crippen LogP) is 2.38. The van der Waals surface area contributed by atoms with E-state index in [1.54, 1.807) is 12.1 Å². The first-order valence-electron chi connectivity index (χ1n) is 5.37. The van der Waals surface area contributed by atoms with Crippen molar-refractivity contribution in [3.8, 4) is 11.6 Å². The first-order valence-corrected chi connectivity index (χ1v) is 5.37. The van der Waals surface area contributed by atoms with Crippen molar-refractivity contribution in [2.45, 2.75) is 6.54 Å². The highest BCUT2D eigenvalue weighted by Crippen LogP contribution is 2.27. The lowest BCUT2D eigenvalue weighted by Crippen LogP contribution is -2.01. The summed E-state index contributed by atoms with van der Waals surface area (Å²) in [6, 6.07) is 6.70. The summed E-state index contributed by atoms with van der Waals surface area (Å²) < 4.78 is 18.8. The highest BCUT2D eigenvalue weighted by Gasteiger charge is 2.15. The number of nitro benzene ring substituents is 1. The smallest absolute Gasteiger partial charge is 0.305 e. The largest absolute Gasteiger partial charge is 0.439 e. The third kappa shape index (κ3) is 2.83. The van der Waals surface area contributed by atoms with Gasteiger partial charge in [-0.05, 0) is 12.1 Å². The fourth-order valence-corrected chi connectivity index (χ4v) is 1.48. The molecule has 0 aliphatic rings. The predicted molar refractivity (Wildman–Crippen MR) is 65.3 cm³/mol. The van der Waals surface area contributed by atoms with Gasteiger partial charge in [0.2, 0.25) is 11.7 Å². The Morgan fingerprint density at radius 1 is 1.42 bits per heavy atom. The Morgan fingerprint density at radius 2 is 2.21 bits per heavy atom. The minimum absolute atomic E-state index is 0.122. The number of nitrogens with zero attached hydrogens (tertiary/aromatic N) is 2. The summed E-state index contributed by atoms with van der Waals surface area (Å²) in [6.07, 6.45) is 1.51. The van der Waals surface area contributed by atoms with Gasteiger partial charge in [-0.3, -0.25) is 10.1 Å². The number of nitro groups is 1. The second-order valence-electron chi connectivity index (χ2n) is 3.64. The monoisotopic (exact) mass is 263 g/mol. The van der Waals surface area contributed by atoms with E-state index in [1.807, 2.05) is 0 Å². The summed E-state index contributed by atoms with van der Waals surface area (Å²) in [5.74, 6) is -0.595. The molecule has 1 heterocycles. The van der Waals surface area contributed by atoms with Gasteiger partial charge in [-0.25, -0.2) is 4.98 Å². The van der Waals surface area contributed by atoms with Crippen LogP contribution in [0.1, 0.15) is 5.56 Å². The van der Waals surface area contributed by atoms with Gasteiger partial charge in [0.25, 0.3) is 0 Å². The Balaban J connectivity index is 2.29. The molecule has 0 bridgehead atoms. The molecule has 0 radical (unpaired) electrons. The van der Waals surface area contributed by atoms with E-state index < -0.39 is 16.4 Å². The fraction of sp³-hybridized carbons (Fsp3) is 0.0833. The molecule has 7 heteroatoms. The molecule has 0 spiro atoms. The van der Waals surface area contributed by atoms with Crippen LogP contribution in [0.4, 0.5) is 10.1 Å². The molecule has 0 amide bonds. The number of nitrogens with two attached hydrogens (primary N) is 1. The maximum absolute atomic E-state index is 13.4. The molecule has 6 nitrogen and oxygen atoms in total. The van der Waals surface area contributed by atoms with Gasteiger partial charge in [-0.2, -0.15) is 4.39 Å². The number of aromatic nitrogens is 1. The number of rotatable bonds is 4. The van der Waals surface area contributed by atoms with Crippen molar-refractivity contribution in [1.29, 1.82) is 0 Å². The maximum atomic E-state index is 13.4. The Labute approximate surface area is 107 Å². The van der Waals surface area contributed by atoms with E-state index in [0.717, 1.165) is 12.1 Å². The first-order chi connectivity index (χ1) is 9.11. The zero-order valence-electron chi connectivity index (χ0n) is 9.75. The number of benzene rings is 1. The summed E-state index contributed by atoms with van der Waals surface area (Å²) in [4.78, 5) is 13.7. The molecule has 0 aliphatic carbocycles. The number of pyridine rings is 1. The summed E-state index contributed by atoms with van der Waals surface area (Å²) in [6.45, 7) is 0.221. The lowest BCUT2D eigenvalue weighted by molar-refractivity contribution is -0.387. The number of hydrogen-bond donors (Lipinski definition) is 1. The van der Waals surface area contributed by atoms with E-state index in [-0.39, 0.29) is 18.2 Å². The fourth-order valence-electron chi connectivity index (χ4n) is 1.48. The summed E-state index contributed by atoms with van der Waals surface area (Å²) in [5, 5.41) is 10.5. The van der Waals surface area contributed by atoms with Crippen molar-refractivity contribution in [3.05, 3.63) is 58.0 Å². The third-order valence-corrected chi connectivity index (χ3v) is 2.40. The molecule has 0 unspecified atom stereocenters. The van der Waals surface area contributed by atoms with Gasteiger partial charge < -0.3 is 10.5 Å². The van der Waals surface area contributed by atoms with Crippen molar-refractivity contribution >= 4 is 5.69 Å². The zero-order valence-corrected chi connectivity index (χ0v) is 9.75. The molecule has 1 aromatic heterocycles. The summed E-state index contributed by atoms with van der Waals surface area (Å²) in [7, 11) is 0. The Hall–Kier alpha value is -2.54. The second kappa shape index (κ2) is 5.40. The molecule has 1 aromatic carbocycles. The van der Waals surface area contributed by atoms with Crippen LogP contribution in [0.2, 0.25) is 0 Å². The Bertz CT molecular complexity index is 619. The molecule has 0 aliphatic heterocycles. The minimum atomic E-state index is -0.965. The Morgan fingerprint density at radius 3 is 2.84 bits per heavy atom. The van der Waals surface area contributed by atoms with Crippen LogP contribution in [0.25, 0.3) is 0 Å².